The van der Waals surface area contributed by atoms with E-state index in [0.29, 0.717) is 24.5 Å². The summed E-state index contributed by atoms with van der Waals surface area (Å²) in [5.41, 5.74) is 12.4. The van der Waals surface area contributed by atoms with E-state index >= 15 is 0 Å². The van der Waals surface area contributed by atoms with Crippen molar-refractivity contribution in [1.82, 2.24) is 4.98 Å². The molecule has 0 atom stereocenters. The minimum atomic E-state index is -0.451. The number of amides is 1. The zero-order valence-electron chi connectivity index (χ0n) is 11.5. The van der Waals surface area contributed by atoms with Gasteiger partial charge in [-0.2, -0.15) is 0 Å². The summed E-state index contributed by atoms with van der Waals surface area (Å²) in [5.74, 6) is 0.164. The number of aryl methyl sites for hydroxylation is 1. The Hall–Kier alpha value is -1.62. The highest BCUT2D eigenvalue weighted by Crippen LogP contribution is 2.23. The second-order valence-electron chi connectivity index (χ2n) is 5.42. The fraction of sp³-hybridized carbons (Fsp3) is 0.538. The number of aromatic nitrogens is 1. The van der Waals surface area contributed by atoms with Crippen LogP contribution in [0.15, 0.2) is 12.3 Å². The van der Waals surface area contributed by atoms with E-state index in [0.717, 1.165) is 5.56 Å². The molecule has 0 saturated heterocycles. The summed E-state index contributed by atoms with van der Waals surface area (Å²) >= 11 is 0. The van der Waals surface area contributed by atoms with E-state index in [2.05, 4.69) is 18.8 Å². The van der Waals surface area contributed by atoms with Gasteiger partial charge < -0.3 is 16.4 Å². The molecule has 0 radical (unpaired) electrons. The minimum absolute atomic E-state index is 0.0465. The van der Waals surface area contributed by atoms with Crippen LogP contribution in [0.3, 0.4) is 0 Å². The summed E-state index contributed by atoms with van der Waals surface area (Å²) in [4.78, 5) is 17.7. The van der Waals surface area contributed by atoms with Gasteiger partial charge in [0.25, 0.3) is 5.91 Å². The van der Waals surface area contributed by atoms with Crippen LogP contribution in [0.1, 0.15) is 29.8 Å². The maximum atomic E-state index is 11.5. The first-order valence-electron chi connectivity index (χ1n) is 5.95. The molecule has 0 unspecified atom stereocenters. The van der Waals surface area contributed by atoms with Crippen molar-refractivity contribution in [1.29, 1.82) is 0 Å². The van der Waals surface area contributed by atoms with Crippen LogP contribution in [-0.2, 0) is 0 Å². The molecule has 0 spiro atoms. The number of nitrogens with two attached hydrogens (primary N) is 2. The number of hydrogen-bond donors (Lipinski definition) is 2. The fourth-order valence-electron chi connectivity index (χ4n) is 1.92. The molecule has 0 saturated carbocycles. The second-order valence-corrected chi connectivity index (χ2v) is 5.42. The smallest absolute Gasteiger partial charge is 0.252 e. The van der Waals surface area contributed by atoms with Gasteiger partial charge in [0, 0.05) is 19.8 Å². The molecule has 0 bridgehead atoms. The summed E-state index contributed by atoms with van der Waals surface area (Å²) in [6.07, 6.45) is 1.68. The average Bonchev–Trinajstić information content (AvgIpc) is 2.27. The molecule has 5 heteroatoms. The number of rotatable bonds is 5. The number of anilines is 1. The Morgan fingerprint density at radius 2 is 2.11 bits per heavy atom. The number of nitrogens with zero attached hydrogens (tertiary/aromatic N) is 2. The van der Waals surface area contributed by atoms with Gasteiger partial charge in [-0.25, -0.2) is 4.98 Å². The van der Waals surface area contributed by atoms with Gasteiger partial charge in [-0.1, -0.05) is 13.8 Å². The molecular formula is C13H22N4O. The first-order valence-corrected chi connectivity index (χ1v) is 5.95. The summed E-state index contributed by atoms with van der Waals surface area (Å²) in [6, 6.07) is 1.78. The summed E-state index contributed by atoms with van der Waals surface area (Å²) in [6.45, 7) is 7.27. The molecule has 4 N–H and O–H groups in total. The van der Waals surface area contributed by atoms with Gasteiger partial charge in [0.05, 0.1) is 5.56 Å². The van der Waals surface area contributed by atoms with E-state index in [1.54, 1.807) is 12.3 Å². The van der Waals surface area contributed by atoms with E-state index in [9.17, 15) is 4.79 Å². The number of primary amides is 1. The molecule has 5 nitrogen and oxygen atoms in total. The van der Waals surface area contributed by atoms with E-state index in [1.807, 2.05) is 18.9 Å². The van der Waals surface area contributed by atoms with Crippen LogP contribution in [0.25, 0.3) is 0 Å². The lowest BCUT2D eigenvalue weighted by molar-refractivity contribution is 0.1000. The highest BCUT2D eigenvalue weighted by molar-refractivity contribution is 5.99. The van der Waals surface area contributed by atoms with E-state index in [4.69, 9.17) is 11.5 Å². The van der Waals surface area contributed by atoms with E-state index < -0.39 is 5.91 Å². The third-order valence-electron chi connectivity index (χ3n) is 2.97. The lowest BCUT2D eigenvalue weighted by Crippen LogP contribution is -2.38. The highest BCUT2D eigenvalue weighted by atomic mass is 16.1. The van der Waals surface area contributed by atoms with Gasteiger partial charge in [0.1, 0.15) is 5.82 Å². The van der Waals surface area contributed by atoms with Crippen molar-refractivity contribution < 1.29 is 4.79 Å². The Balaban J connectivity index is 3.10. The van der Waals surface area contributed by atoms with Crippen molar-refractivity contribution in [2.45, 2.75) is 20.8 Å². The molecule has 1 aromatic rings. The maximum absolute atomic E-state index is 11.5. The Morgan fingerprint density at radius 1 is 1.50 bits per heavy atom. The highest BCUT2D eigenvalue weighted by Gasteiger charge is 2.22. The third kappa shape index (κ3) is 3.20. The van der Waals surface area contributed by atoms with E-state index in [-0.39, 0.29) is 5.41 Å². The first kappa shape index (κ1) is 14.4. The van der Waals surface area contributed by atoms with Crippen molar-refractivity contribution >= 4 is 11.7 Å². The average molecular weight is 250 g/mol. The molecule has 0 aromatic carbocycles. The third-order valence-corrected chi connectivity index (χ3v) is 2.97. The predicted molar refractivity (Wildman–Crippen MR) is 73.6 cm³/mol. The summed E-state index contributed by atoms with van der Waals surface area (Å²) in [7, 11) is 1.89. The standard InChI is InChI=1S/C13H22N4O/c1-9-5-6-16-12(10(9)11(15)18)17(4)8-13(2,3)7-14/h5-6H,7-8,14H2,1-4H3,(H2,15,18). The van der Waals surface area contributed by atoms with Crippen molar-refractivity contribution in [3.8, 4) is 0 Å². The number of pyridine rings is 1. The van der Waals surface area contributed by atoms with Crippen LogP contribution in [0.2, 0.25) is 0 Å². The second kappa shape index (κ2) is 5.35. The first-order chi connectivity index (χ1) is 8.28. The largest absolute Gasteiger partial charge is 0.365 e. The zero-order chi connectivity index (χ0) is 13.9. The van der Waals surface area contributed by atoms with Crippen molar-refractivity contribution in [3.63, 3.8) is 0 Å². The molecule has 1 amide bonds. The minimum Gasteiger partial charge on any atom is -0.365 e. The van der Waals surface area contributed by atoms with Crippen molar-refractivity contribution in [3.05, 3.63) is 23.4 Å². The molecule has 0 aliphatic rings. The molecule has 1 rings (SSSR count). The quantitative estimate of drug-likeness (QED) is 0.813. The lowest BCUT2D eigenvalue weighted by atomic mass is 9.93. The van der Waals surface area contributed by atoms with Crippen LogP contribution in [0.4, 0.5) is 5.82 Å². The molecule has 0 aliphatic carbocycles. The van der Waals surface area contributed by atoms with Crippen LogP contribution in [0.5, 0.6) is 0 Å². The Morgan fingerprint density at radius 3 is 2.61 bits per heavy atom. The van der Waals surface area contributed by atoms with Gasteiger partial charge in [0.15, 0.2) is 0 Å². The molecule has 0 aliphatic heterocycles. The monoisotopic (exact) mass is 250 g/mol. The predicted octanol–water partition coefficient (Wildman–Crippen LogP) is 0.910. The molecular weight excluding hydrogens is 228 g/mol. The van der Waals surface area contributed by atoms with Gasteiger partial charge in [-0.05, 0) is 30.5 Å². The van der Waals surface area contributed by atoms with Crippen LogP contribution in [-0.4, -0.2) is 31.0 Å². The lowest BCUT2D eigenvalue weighted by Gasteiger charge is -2.30. The van der Waals surface area contributed by atoms with E-state index in [1.165, 1.54) is 0 Å². The SMILES string of the molecule is Cc1ccnc(N(C)CC(C)(C)CN)c1C(N)=O. The summed E-state index contributed by atoms with van der Waals surface area (Å²) < 4.78 is 0. The normalized spacial score (nSPS) is 11.4. The van der Waals surface area contributed by atoms with Gasteiger partial charge in [-0.15, -0.1) is 0 Å². The molecule has 1 aromatic heterocycles. The van der Waals surface area contributed by atoms with Gasteiger partial charge in [0.2, 0.25) is 0 Å². The van der Waals surface area contributed by atoms with Crippen molar-refractivity contribution in [2.24, 2.45) is 16.9 Å². The number of carbonyl (C=O) groups is 1. The summed E-state index contributed by atoms with van der Waals surface area (Å²) in [5, 5.41) is 0. The number of carbonyl (C=O) groups excluding carboxylic acids is 1. The number of hydrogen-bond acceptors (Lipinski definition) is 4. The zero-order valence-corrected chi connectivity index (χ0v) is 11.5. The van der Waals surface area contributed by atoms with Crippen molar-refractivity contribution in [2.75, 3.05) is 25.0 Å². The maximum Gasteiger partial charge on any atom is 0.252 e. The van der Waals surface area contributed by atoms with Crippen LogP contribution < -0.4 is 16.4 Å². The fourth-order valence-corrected chi connectivity index (χ4v) is 1.92. The van der Waals surface area contributed by atoms with Gasteiger partial charge >= 0.3 is 0 Å². The Labute approximate surface area is 108 Å². The molecule has 18 heavy (non-hydrogen) atoms. The molecule has 0 fully saturated rings. The Bertz CT molecular complexity index is 443. The van der Waals surface area contributed by atoms with Crippen LogP contribution >= 0.6 is 0 Å². The Kier molecular flexibility index (Phi) is 4.29. The topological polar surface area (TPSA) is 85.2 Å². The van der Waals surface area contributed by atoms with Gasteiger partial charge in [-0.3, -0.25) is 4.79 Å². The molecule has 100 valence electrons. The molecule has 1 heterocycles. The van der Waals surface area contributed by atoms with Crippen LogP contribution in [0, 0.1) is 12.3 Å².